The Balaban J connectivity index is 2.73. The molecule has 66 valence electrons. The lowest BCUT2D eigenvalue weighted by Crippen LogP contribution is -2.17. The number of aromatic hydroxyl groups is 1. The molecule has 2 nitrogen and oxygen atoms in total. The van der Waals surface area contributed by atoms with Crippen LogP contribution >= 0.6 is 0 Å². The van der Waals surface area contributed by atoms with Gasteiger partial charge in [0.1, 0.15) is 5.75 Å². The number of benzene rings is 1. The molecule has 0 saturated heterocycles. The van der Waals surface area contributed by atoms with Crippen LogP contribution in [0.15, 0.2) is 24.3 Å². The molecule has 1 aromatic carbocycles. The van der Waals surface area contributed by atoms with Gasteiger partial charge >= 0.3 is 0 Å². The third-order valence-electron chi connectivity index (χ3n) is 1.83. The summed E-state index contributed by atoms with van der Waals surface area (Å²) < 4.78 is 0. The quantitative estimate of drug-likeness (QED) is 0.742. The van der Waals surface area contributed by atoms with E-state index in [1.165, 1.54) is 0 Å². The van der Waals surface area contributed by atoms with Crippen molar-refractivity contribution >= 4 is 5.69 Å². The molecule has 2 heteroatoms. The zero-order chi connectivity index (χ0) is 8.97. The first-order chi connectivity index (χ1) is 5.74. The van der Waals surface area contributed by atoms with Crippen molar-refractivity contribution in [2.45, 2.75) is 13.3 Å². The first-order valence-electron chi connectivity index (χ1n) is 4.24. The van der Waals surface area contributed by atoms with Crippen LogP contribution in [0.25, 0.3) is 0 Å². The van der Waals surface area contributed by atoms with Crippen LogP contribution < -0.4 is 4.90 Å². The average molecular weight is 165 g/mol. The van der Waals surface area contributed by atoms with E-state index in [4.69, 9.17) is 0 Å². The molecule has 0 radical (unpaired) electrons. The van der Waals surface area contributed by atoms with Crippen molar-refractivity contribution in [1.82, 2.24) is 0 Å². The number of phenolic OH excluding ortho intramolecular Hbond substituents is 1. The van der Waals surface area contributed by atoms with Crippen molar-refractivity contribution in [3.8, 4) is 5.75 Å². The van der Waals surface area contributed by atoms with Crippen LogP contribution in [0.1, 0.15) is 13.3 Å². The molecular formula is C10H15NO. The predicted molar refractivity (Wildman–Crippen MR) is 51.7 cm³/mol. The summed E-state index contributed by atoms with van der Waals surface area (Å²) in [5.74, 6) is 0.329. The fourth-order valence-corrected chi connectivity index (χ4v) is 1.19. The second-order valence-electron chi connectivity index (χ2n) is 2.94. The van der Waals surface area contributed by atoms with E-state index in [2.05, 4.69) is 11.8 Å². The highest BCUT2D eigenvalue weighted by molar-refractivity contribution is 5.49. The van der Waals surface area contributed by atoms with Crippen LogP contribution in [-0.2, 0) is 0 Å². The van der Waals surface area contributed by atoms with Crippen molar-refractivity contribution in [2.75, 3.05) is 18.5 Å². The maximum atomic E-state index is 9.20. The number of hydrogen-bond acceptors (Lipinski definition) is 2. The summed E-state index contributed by atoms with van der Waals surface area (Å²) in [6.45, 7) is 3.16. The summed E-state index contributed by atoms with van der Waals surface area (Å²) >= 11 is 0. The van der Waals surface area contributed by atoms with E-state index >= 15 is 0 Å². The second-order valence-corrected chi connectivity index (χ2v) is 2.94. The lowest BCUT2D eigenvalue weighted by Gasteiger charge is -2.17. The fourth-order valence-electron chi connectivity index (χ4n) is 1.19. The van der Waals surface area contributed by atoms with Gasteiger partial charge in [-0.3, -0.25) is 0 Å². The lowest BCUT2D eigenvalue weighted by atomic mass is 10.2. The van der Waals surface area contributed by atoms with Crippen molar-refractivity contribution < 1.29 is 5.11 Å². The summed E-state index contributed by atoms with van der Waals surface area (Å²) in [7, 11) is 2.03. The van der Waals surface area contributed by atoms with Gasteiger partial charge in [0.25, 0.3) is 0 Å². The molecule has 0 bridgehead atoms. The lowest BCUT2D eigenvalue weighted by molar-refractivity contribution is 0.475. The highest BCUT2D eigenvalue weighted by Gasteiger charge is 1.98. The van der Waals surface area contributed by atoms with Gasteiger partial charge < -0.3 is 10.0 Å². The largest absolute Gasteiger partial charge is 0.508 e. The van der Waals surface area contributed by atoms with Gasteiger partial charge in [-0.25, -0.2) is 0 Å². The minimum absolute atomic E-state index is 0.329. The van der Waals surface area contributed by atoms with Gasteiger partial charge in [0.2, 0.25) is 0 Å². The molecule has 1 rings (SSSR count). The van der Waals surface area contributed by atoms with Crippen molar-refractivity contribution in [1.29, 1.82) is 0 Å². The molecule has 0 fully saturated rings. The number of nitrogens with zero attached hydrogens (tertiary/aromatic N) is 1. The SMILES string of the molecule is CCCN(C)c1cccc(O)c1. The maximum Gasteiger partial charge on any atom is 0.117 e. The molecule has 12 heavy (non-hydrogen) atoms. The predicted octanol–water partition coefficient (Wildman–Crippen LogP) is 2.24. The summed E-state index contributed by atoms with van der Waals surface area (Å²) in [6, 6.07) is 7.31. The Hall–Kier alpha value is -1.18. The van der Waals surface area contributed by atoms with E-state index in [-0.39, 0.29) is 0 Å². The van der Waals surface area contributed by atoms with Crippen LogP contribution in [0.2, 0.25) is 0 Å². The van der Waals surface area contributed by atoms with E-state index in [1.54, 1.807) is 12.1 Å². The van der Waals surface area contributed by atoms with Crippen molar-refractivity contribution in [2.24, 2.45) is 0 Å². The van der Waals surface area contributed by atoms with Gasteiger partial charge in [-0.1, -0.05) is 13.0 Å². The Morgan fingerprint density at radius 1 is 1.42 bits per heavy atom. The highest BCUT2D eigenvalue weighted by atomic mass is 16.3. The molecule has 0 amide bonds. The van der Waals surface area contributed by atoms with E-state index < -0.39 is 0 Å². The van der Waals surface area contributed by atoms with Crippen LogP contribution in [0.4, 0.5) is 5.69 Å². The third kappa shape index (κ3) is 2.16. The van der Waals surface area contributed by atoms with E-state index in [0.29, 0.717) is 5.75 Å². The van der Waals surface area contributed by atoms with Gasteiger partial charge in [0, 0.05) is 25.3 Å². The van der Waals surface area contributed by atoms with Crippen LogP contribution in [0, 0.1) is 0 Å². The molecule has 1 aromatic rings. The standard InChI is InChI=1S/C10H15NO/c1-3-7-11(2)9-5-4-6-10(12)8-9/h4-6,8,12H,3,7H2,1-2H3. The highest BCUT2D eigenvalue weighted by Crippen LogP contribution is 2.18. The first-order valence-corrected chi connectivity index (χ1v) is 4.24. The zero-order valence-corrected chi connectivity index (χ0v) is 7.62. The molecule has 0 saturated carbocycles. The van der Waals surface area contributed by atoms with E-state index in [0.717, 1.165) is 18.7 Å². The Bertz CT molecular complexity index is 247. The topological polar surface area (TPSA) is 23.5 Å². The van der Waals surface area contributed by atoms with Crippen LogP contribution in [0.3, 0.4) is 0 Å². The van der Waals surface area contributed by atoms with E-state index in [1.807, 2.05) is 19.2 Å². The molecular weight excluding hydrogens is 150 g/mol. The number of rotatable bonds is 3. The average Bonchev–Trinajstić information content (AvgIpc) is 2.05. The van der Waals surface area contributed by atoms with Gasteiger partial charge in [0.05, 0.1) is 0 Å². The van der Waals surface area contributed by atoms with Crippen molar-refractivity contribution in [3.05, 3.63) is 24.3 Å². The maximum absolute atomic E-state index is 9.20. The minimum Gasteiger partial charge on any atom is -0.508 e. The molecule has 1 N–H and O–H groups in total. The number of phenols is 1. The molecule has 0 aliphatic carbocycles. The van der Waals surface area contributed by atoms with Crippen LogP contribution in [0.5, 0.6) is 5.75 Å². The molecule has 0 atom stereocenters. The molecule has 0 aliphatic rings. The molecule has 0 unspecified atom stereocenters. The summed E-state index contributed by atoms with van der Waals surface area (Å²) in [5, 5.41) is 9.20. The first kappa shape index (κ1) is 8.91. The van der Waals surface area contributed by atoms with Crippen molar-refractivity contribution in [3.63, 3.8) is 0 Å². The van der Waals surface area contributed by atoms with Gasteiger partial charge in [-0.05, 0) is 18.6 Å². The minimum atomic E-state index is 0.329. The molecule has 0 spiro atoms. The monoisotopic (exact) mass is 165 g/mol. The molecule has 0 aromatic heterocycles. The Kier molecular flexibility index (Phi) is 2.97. The second kappa shape index (κ2) is 4.00. The smallest absolute Gasteiger partial charge is 0.117 e. The number of anilines is 1. The summed E-state index contributed by atoms with van der Waals surface area (Å²) in [5.41, 5.74) is 1.07. The third-order valence-corrected chi connectivity index (χ3v) is 1.83. The number of hydrogen-bond donors (Lipinski definition) is 1. The van der Waals surface area contributed by atoms with E-state index in [9.17, 15) is 5.11 Å². The Morgan fingerprint density at radius 3 is 2.75 bits per heavy atom. The Morgan fingerprint density at radius 2 is 2.17 bits per heavy atom. The fraction of sp³-hybridized carbons (Fsp3) is 0.400. The zero-order valence-electron chi connectivity index (χ0n) is 7.62. The summed E-state index contributed by atoms with van der Waals surface area (Å²) in [6.07, 6.45) is 1.12. The Labute approximate surface area is 73.4 Å². The molecule has 0 aliphatic heterocycles. The van der Waals surface area contributed by atoms with Gasteiger partial charge in [-0.15, -0.1) is 0 Å². The van der Waals surface area contributed by atoms with Crippen LogP contribution in [-0.4, -0.2) is 18.7 Å². The molecule has 0 heterocycles. The van der Waals surface area contributed by atoms with Gasteiger partial charge in [-0.2, -0.15) is 0 Å². The van der Waals surface area contributed by atoms with Gasteiger partial charge in [0.15, 0.2) is 0 Å². The normalized spacial score (nSPS) is 9.83. The summed E-state index contributed by atoms with van der Waals surface area (Å²) in [4.78, 5) is 2.12.